The van der Waals surface area contributed by atoms with Gasteiger partial charge < -0.3 is 10.6 Å². The Kier molecular flexibility index (Phi) is 5.28. The van der Waals surface area contributed by atoms with E-state index < -0.39 is 0 Å². The minimum Gasteiger partial charge on any atom is -0.356 e. The summed E-state index contributed by atoms with van der Waals surface area (Å²) >= 11 is 0. The molecule has 0 radical (unpaired) electrons. The van der Waals surface area contributed by atoms with Gasteiger partial charge in [-0.3, -0.25) is 9.59 Å². The second-order valence-electron chi connectivity index (χ2n) is 10.3. The van der Waals surface area contributed by atoms with E-state index in [9.17, 15) is 9.59 Å². The van der Waals surface area contributed by atoms with Crippen LogP contribution < -0.4 is 10.6 Å². The lowest BCUT2D eigenvalue weighted by atomic mass is 9.47. The van der Waals surface area contributed by atoms with Crippen LogP contribution >= 0.6 is 0 Å². The average molecular weight is 375 g/mol. The van der Waals surface area contributed by atoms with Gasteiger partial charge in [-0.25, -0.2) is 0 Å². The molecule has 0 spiro atoms. The number of hydrogen-bond donors (Lipinski definition) is 2. The molecule has 0 aromatic rings. The lowest BCUT2D eigenvalue weighted by molar-refractivity contribution is -0.139. The molecular formula is C23H38N2O2. The zero-order chi connectivity index (χ0) is 19.1. The summed E-state index contributed by atoms with van der Waals surface area (Å²) in [4.78, 5) is 24.6. The molecule has 0 aromatic heterocycles. The second kappa shape index (κ2) is 7.40. The van der Waals surface area contributed by atoms with E-state index in [4.69, 9.17) is 0 Å². The second-order valence-corrected chi connectivity index (χ2v) is 10.3. The van der Waals surface area contributed by atoms with Crippen LogP contribution in [0.15, 0.2) is 0 Å². The molecule has 27 heavy (non-hydrogen) atoms. The van der Waals surface area contributed by atoms with Gasteiger partial charge in [0.15, 0.2) is 0 Å². The standard InChI is InChI=1S/C23H38N2O2/c1-3-4-14-24-21(27)15-23-11-5-6-18(23)16-7-8-19-22(2,17(16)9-13-23)12-10-20(26)25-19/h16-19H,3-15H2,1-2H3,(H,24,27)(H,25,26)/t16-,17+,18+,19?,22-,23+/m1/s1. The topological polar surface area (TPSA) is 58.2 Å². The number of carbonyl (C=O) groups excluding carboxylic acids is 2. The molecule has 6 atom stereocenters. The quantitative estimate of drug-likeness (QED) is 0.709. The predicted molar refractivity (Wildman–Crippen MR) is 107 cm³/mol. The number of piperidine rings is 1. The van der Waals surface area contributed by atoms with Gasteiger partial charge in [0.2, 0.25) is 11.8 Å². The van der Waals surface area contributed by atoms with Gasteiger partial charge in [0.05, 0.1) is 0 Å². The SMILES string of the molecule is CCCCNC(=O)C[C@@]12CCC[C@H]1[C@@H]1CCC3NC(=O)CC[C@]3(C)[C@H]1CC2. The fourth-order valence-electron chi connectivity index (χ4n) is 7.59. The number of amides is 2. The van der Waals surface area contributed by atoms with E-state index in [2.05, 4.69) is 24.5 Å². The molecule has 4 aliphatic rings. The molecule has 2 N–H and O–H groups in total. The molecular weight excluding hydrogens is 336 g/mol. The molecule has 4 nitrogen and oxygen atoms in total. The van der Waals surface area contributed by atoms with Crippen molar-refractivity contribution in [1.29, 1.82) is 0 Å². The van der Waals surface area contributed by atoms with Gasteiger partial charge in [0.25, 0.3) is 0 Å². The maximum absolute atomic E-state index is 12.7. The average Bonchev–Trinajstić information content (AvgIpc) is 3.06. The third-order valence-corrected chi connectivity index (χ3v) is 8.99. The highest BCUT2D eigenvalue weighted by molar-refractivity contribution is 5.77. The van der Waals surface area contributed by atoms with E-state index in [1.54, 1.807) is 0 Å². The fourth-order valence-corrected chi connectivity index (χ4v) is 7.59. The van der Waals surface area contributed by atoms with Crippen LogP contribution in [0.2, 0.25) is 0 Å². The molecule has 0 aromatic carbocycles. The summed E-state index contributed by atoms with van der Waals surface area (Å²) in [5, 5.41) is 6.50. The minimum absolute atomic E-state index is 0.255. The number of rotatable bonds is 5. The van der Waals surface area contributed by atoms with Crippen molar-refractivity contribution in [3.8, 4) is 0 Å². The molecule has 4 fully saturated rings. The van der Waals surface area contributed by atoms with Crippen molar-refractivity contribution in [2.24, 2.45) is 28.6 Å². The molecule has 4 heteroatoms. The van der Waals surface area contributed by atoms with Crippen molar-refractivity contribution in [2.75, 3.05) is 6.54 Å². The Morgan fingerprint density at radius 2 is 2.00 bits per heavy atom. The van der Waals surface area contributed by atoms with Crippen molar-refractivity contribution in [1.82, 2.24) is 10.6 Å². The maximum atomic E-state index is 12.7. The van der Waals surface area contributed by atoms with E-state index in [1.807, 2.05) is 0 Å². The van der Waals surface area contributed by atoms with Gasteiger partial charge in [-0.05, 0) is 80.0 Å². The van der Waals surface area contributed by atoms with Crippen LogP contribution in [-0.2, 0) is 9.59 Å². The molecule has 1 saturated heterocycles. The highest BCUT2D eigenvalue weighted by Gasteiger charge is 2.59. The van der Waals surface area contributed by atoms with Crippen LogP contribution in [-0.4, -0.2) is 24.4 Å². The highest BCUT2D eigenvalue weighted by Crippen LogP contribution is 2.65. The molecule has 3 saturated carbocycles. The van der Waals surface area contributed by atoms with Gasteiger partial charge in [-0.15, -0.1) is 0 Å². The van der Waals surface area contributed by atoms with E-state index >= 15 is 0 Å². The van der Waals surface area contributed by atoms with Crippen molar-refractivity contribution >= 4 is 11.8 Å². The Balaban J connectivity index is 1.48. The zero-order valence-corrected chi connectivity index (χ0v) is 17.3. The summed E-state index contributed by atoms with van der Waals surface area (Å²) in [7, 11) is 0. The Morgan fingerprint density at radius 3 is 2.81 bits per heavy atom. The first-order valence-corrected chi connectivity index (χ1v) is 11.5. The summed E-state index contributed by atoms with van der Waals surface area (Å²) in [6.45, 7) is 5.46. The molecule has 1 heterocycles. The molecule has 4 rings (SSSR count). The summed E-state index contributed by atoms with van der Waals surface area (Å²) in [5.74, 6) is 2.77. The van der Waals surface area contributed by atoms with Crippen LogP contribution in [0.5, 0.6) is 0 Å². The van der Waals surface area contributed by atoms with Crippen LogP contribution in [0.25, 0.3) is 0 Å². The monoisotopic (exact) mass is 374 g/mol. The third-order valence-electron chi connectivity index (χ3n) is 8.99. The first kappa shape index (κ1) is 19.3. The Bertz CT molecular complexity index is 591. The smallest absolute Gasteiger partial charge is 0.220 e. The summed E-state index contributed by atoms with van der Waals surface area (Å²) < 4.78 is 0. The summed E-state index contributed by atoms with van der Waals surface area (Å²) in [6.07, 6.45) is 13.4. The van der Waals surface area contributed by atoms with E-state index in [-0.39, 0.29) is 16.7 Å². The van der Waals surface area contributed by atoms with Gasteiger partial charge in [0, 0.05) is 25.4 Å². The van der Waals surface area contributed by atoms with Crippen LogP contribution in [0.1, 0.15) is 90.9 Å². The lowest BCUT2D eigenvalue weighted by Crippen LogP contribution is -2.61. The predicted octanol–water partition coefficient (Wildman–Crippen LogP) is 4.18. The van der Waals surface area contributed by atoms with Crippen LogP contribution in [0.3, 0.4) is 0 Å². The molecule has 2 amide bonds. The van der Waals surface area contributed by atoms with Gasteiger partial charge in [-0.1, -0.05) is 26.7 Å². The molecule has 1 unspecified atom stereocenters. The maximum Gasteiger partial charge on any atom is 0.220 e. The minimum atomic E-state index is 0.255. The fraction of sp³-hybridized carbons (Fsp3) is 0.913. The van der Waals surface area contributed by atoms with Gasteiger partial charge >= 0.3 is 0 Å². The third kappa shape index (κ3) is 3.31. The van der Waals surface area contributed by atoms with Crippen LogP contribution in [0.4, 0.5) is 0 Å². The van der Waals surface area contributed by atoms with Gasteiger partial charge in [-0.2, -0.15) is 0 Å². The number of hydrogen-bond acceptors (Lipinski definition) is 2. The Morgan fingerprint density at radius 1 is 1.15 bits per heavy atom. The van der Waals surface area contributed by atoms with Crippen molar-refractivity contribution in [2.45, 2.75) is 96.9 Å². The first-order chi connectivity index (χ1) is 13.0. The number of carbonyl (C=O) groups is 2. The Hall–Kier alpha value is -1.06. The normalized spacial score (nSPS) is 43.3. The number of fused-ring (bicyclic) bond motifs is 5. The highest BCUT2D eigenvalue weighted by atomic mass is 16.2. The lowest BCUT2D eigenvalue weighted by Gasteiger charge is -2.60. The van der Waals surface area contributed by atoms with Crippen molar-refractivity contribution in [3.63, 3.8) is 0 Å². The molecule has 1 aliphatic heterocycles. The molecule has 3 aliphatic carbocycles. The number of nitrogens with one attached hydrogen (secondary N) is 2. The van der Waals surface area contributed by atoms with E-state index in [1.165, 1.54) is 38.5 Å². The first-order valence-electron chi connectivity index (χ1n) is 11.5. The molecule has 0 bridgehead atoms. The zero-order valence-electron chi connectivity index (χ0n) is 17.3. The van der Waals surface area contributed by atoms with Crippen LogP contribution in [0, 0.1) is 28.6 Å². The van der Waals surface area contributed by atoms with E-state index in [0.29, 0.717) is 18.4 Å². The summed E-state index contributed by atoms with van der Waals surface area (Å²) in [6, 6.07) is 0.381. The van der Waals surface area contributed by atoms with Crippen molar-refractivity contribution < 1.29 is 9.59 Å². The largest absolute Gasteiger partial charge is 0.356 e. The van der Waals surface area contributed by atoms with Gasteiger partial charge in [0.1, 0.15) is 0 Å². The van der Waals surface area contributed by atoms with E-state index in [0.717, 1.165) is 56.4 Å². The molecule has 152 valence electrons. The Labute approximate surface area is 164 Å². The van der Waals surface area contributed by atoms with Crippen molar-refractivity contribution in [3.05, 3.63) is 0 Å². The number of unbranched alkanes of at least 4 members (excludes halogenated alkanes) is 1. The summed E-state index contributed by atoms with van der Waals surface area (Å²) in [5.41, 5.74) is 0.535.